The van der Waals surface area contributed by atoms with Gasteiger partial charge in [-0.25, -0.2) is 0 Å². The molecule has 0 radical (unpaired) electrons. The van der Waals surface area contributed by atoms with Crippen LogP contribution in [0.2, 0.25) is 0 Å². The molecule has 1 saturated heterocycles. The molecule has 1 aromatic rings. The van der Waals surface area contributed by atoms with Crippen LogP contribution in [-0.4, -0.2) is 33.9 Å². The summed E-state index contributed by atoms with van der Waals surface area (Å²) in [6, 6.07) is 0. The number of carbonyl (C=O) groups excluding carboxylic acids is 1. The average molecular weight is 209 g/mol. The summed E-state index contributed by atoms with van der Waals surface area (Å²) >= 11 is 0. The molecular weight excluding hydrogens is 194 g/mol. The van der Waals surface area contributed by atoms with Gasteiger partial charge in [-0.05, 0) is 0 Å². The van der Waals surface area contributed by atoms with Crippen molar-refractivity contribution in [2.75, 3.05) is 13.1 Å². The second-order valence-electron chi connectivity index (χ2n) is 4.08. The Morgan fingerprint density at radius 3 is 3.00 bits per heavy atom. The van der Waals surface area contributed by atoms with Gasteiger partial charge in [0.05, 0.1) is 6.54 Å². The predicted octanol–water partition coefficient (Wildman–Crippen LogP) is 0.789. The van der Waals surface area contributed by atoms with Crippen molar-refractivity contribution in [3.8, 4) is 0 Å². The van der Waals surface area contributed by atoms with E-state index in [0.717, 1.165) is 13.1 Å². The number of aryl methyl sites for hydroxylation is 1. The molecule has 15 heavy (non-hydrogen) atoms. The Kier molecular flexibility index (Phi) is 2.81. The molecule has 1 aliphatic heterocycles. The van der Waals surface area contributed by atoms with Crippen LogP contribution >= 0.6 is 0 Å². The Labute approximate surface area is 88.5 Å². The smallest absolute Gasteiger partial charge is 0.223 e. The van der Waals surface area contributed by atoms with Gasteiger partial charge >= 0.3 is 0 Å². The lowest BCUT2D eigenvalue weighted by Gasteiger charge is -2.28. The van der Waals surface area contributed by atoms with E-state index in [1.807, 2.05) is 6.92 Å². The van der Waals surface area contributed by atoms with Gasteiger partial charge < -0.3 is 4.52 Å². The van der Waals surface area contributed by atoms with E-state index < -0.39 is 0 Å². The van der Waals surface area contributed by atoms with Crippen LogP contribution in [0.25, 0.3) is 0 Å². The topological polar surface area (TPSA) is 59.2 Å². The minimum Gasteiger partial charge on any atom is -0.340 e. The lowest BCUT2D eigenvalue weighted by atomic mass is 9.99. The second kappa shape index (κ2) is 4.10. The van der Waals surface area contributed by atoms with Crippen LogP contribution in [0.5, 0.6) is 0 Å². The molecule has 0 bridgehead atoms. The van der Waals surface area contributed by atoms with Gasteiger partial charge in [0.2, 0.25) is 5.89 Å². The van der Waals surface area contributed by atoms with Crippen molar-refractivity contribution in [3.63, 3.8) is 0 Å². The zero-order valence-electron chi connectivity index (χ0n) is 9.06. The highest BCUT2D eigenvalue weighted by molar-refractivity contribution is 5.81. The number of ketones is 1. The molecule has 2 rings (SSSR count). The first-order chi connectivity index (χ1) is 7.15. The normalized spacial score (nSPS) is 23.3. The number of hydrogen-bond acceptors (Lipinski definition) is 5. The average Bonchev–Trinajstić information content (AvgIpc) is 2.58. The maximum absolute atomic E-state index is 11.3. The molecule has 0 spiro atoms. The van der Waals surface area contributed by atoms with Gasteiger partial charge in [0.25, 0.3) is 0 Å². The number of likely N-dealkylation sites (tertiary alicyclic amines) is 1. The van der Waals surface area contributed by atoms with Crippen molar-refractivity contribution < 1.29 is 9.32 Å². The maximum Gasteiger partial charge on any atom is 0.223 e. The molecule has 0 N–H and O–H groups in total. The van der Waals surface area contributed by atoms with Crippen LogP contribution in [0.1, 0.15) is 25.1 Å². The van der Waals surface area contributed by atoms with Crippen molar-refractivity contribution in [2.45, 2.75) is 26.8 Å². The van der Waals surface area contributed by atoms with Gasteiger partial charge in [-0.2, -0.15) is 4.98 Å². The molecule has 1 fully saturated rings. The van der Waals surface area contributed by atoms with E-state index in [1.54, 1.807) is 6.92 Å². The van der Waals surface area contributed by atoms with Crippen molar-refractivity contribution >= 4 is 5.78 Å². The van der Waals surface area contributed by atoms with Crippen molar-refractivity contribution in [1.29, 1.82) is 0 Å². The summed E-state index contributed by atoms with van der Waals surface area (Å²) in [5.41, 5.74) is 0. The summed E-state index contributed by atoms with van der Waals surface area (Å²) in [4.78, 5) is 17.7. The Morgan fingerprint density at radius 2 is 2.40 bits per heavy atom. The van der Waals surface area contributed by atoms with E-state index in [4.69, 9.17) is 4.52 Å². The number of carbonyl (C=O) groups is 1. The molecule has 5 heteroatoms. The minimum atomic E-state index is 0.131. The molecule has 1 aliphatic rings. The van der Waals surface area contributed by atoms with E-state index in [2.05, 4.69) is 15.0 Å². The van der Waals surface area contributed by atoms with E-state index >= 15 is 0 Å². The van der Waals surface area contributed by atoms with Gasteiger partial charge in [-0.1, -0.05) is 12.1 Å². The second-order valence-corrected chi connectivity index (χ2v) is 4.08. The van der Waals surface area contributed by atoms with E-state index in [1.165, 1.54) is 0 Å². The van der Waals surface area contributed by atoms with E-state index in [-0.39, 0.29) is 5.92 Å². The summed E-state index contributed by atoms with van der Waals surface area (Å²) in [5, 5.41) is 3.84. The van der Waals surface area contributed by atoms with Gasteiger partial charge in [0, 0.05) is 32.4 Å². The summed E-state index contributed by atoms with van der Waals surface area (Å²) in [5.74, 6) is 1.78. The summed E-state index contributed by atoms with van der Waals surface area (Å²) in [7, 11) is 0. The summed E-state index contributed by atoms with van der Waals surface area (Å²) in [6.07, 6.45) is 0.637. The zero-order chi connectivity index (χ0) is 10.8. The Balaban J connectivity index is 1.93. The maximum atomic E-state index is 11.3. The molecule has 0 saturated carbocycles. The van der Waals surface area contributed by atoms with E-state index in [9.17, 15) is 4.79 Å². The first kappa shape index (κ1) is 10.3. The molecule has 5 nitrogen and oxygen atoms in total. The van der Waals surface area contributed by atoms with Crippen LogP contribution in [0.4, 0.5) is 0 Å². The number of Topliss-reactive ketones (excluding diaryl/α,β-unsaturated/α-hetero) is 1. The molecule has 1 atom stereocenters. The van der Waals surface area contributed by atoms with Crippen LogP contribution in [0.15, 0.2) is 4.52 Å². The Hall–Kier alpha value is -1.23. The molecular formula is C10H15N3O2. The fraction of sp³-hybridized carbons (Fsp3) is 0.700. The fourth-order valence-corrected chi connectivity index (χ4v) is 1.84. The van der Waals surface area contributed by atoms with Crippen LogP contribution in [-0.2, 0) is 11.3 Å². The standard InChI is InChI=1S/C10H15N3O2/c1-7-5-13(4-3-9(7)14)6-10-11-8(2)15-12-10/h7H,3-6H2,1-2H3. The van der Waals surface area contributed by atoms with E-state index in [0.29, 0.717) is 30.5 Å². The van der Waals surface area contributed by atoms with Gasteiger partial charge in [-0.3, -0.25) is 9.69 Å². The molecule has 0 amide bonds. The van der Waals surface area contributed by atoms with Gasteiger partial charge in [-0.15, -0.1) is 0 Å². The van der Waals surface area contributed by atoms with Crippen LogP contribution in [0, 0.1) is 12.8 Å². The van der Waals surface area contributed by atoms with Crippen LogP contribution < -0.4 is 0 Å². The Morgan fingerprint density at radius 1 is 1.60 bits per heavy atom. The zero-order valence-corrected chi connectivity index (χ0v) is 9.06. The SMILES string of the molecule is Cc1nc(CN2CCC(=O)C(C)C2)no1. The lowest BCUT2D eigenvalue weighted by molar-refractivity contribution is -0.125. The third kappa shape index (κ3) is 2.41. The Bertz CT molecular complexity index is 361. The molecule has 82 valence electrons. The fourth-order valence-electron chi connectivity index (χ4n) is 1.84. The van der Waals surface area contributed by atoms with Crippen molar-refractivity contribution in [1.82, 2.24) is 15.0 Å². The first-order valence-electron chi connectivity index (χ1n) is 5.19. The quantitative estimate of drug-likeness (QED) is 0.720. The van der Waals surface area contributed by atoms with Crippen molar-refractivity contribution in [3.05, 3.63) is 11.7 Å². The summed E-state index contributed by atoms with van der Waals surface area (Å²) < 4.78 is 4.90. The molecule has 0 aromatic carbocycles. The first-order valence-corrected chi connectivity index (χ1v) is 5.19. The molecule has 2 heterocycles. The number of rotatable bonds is 2. The third-order valence-corrected chi connectivity index (χ3v) is 2.69. The monoisotopic (exact) mass is 209 g/mol. The lowest BCUT2D eigenvalue weighted by Crippen LogP contribution is -2.39. The molecule has 0 aliphatic carbocycles. The number of aromatic nitrogens is 2. The number of hydrogen-bond donors (Lipinski definition) is 0. The minimum absolute atomic E-state index is 0.131. The number of piperidine rings is 1. The van der Waals surface area contributed by atoms with Crippen LogP contribution in [0.3, 0.4) is 0 Å². The molecule has 1 aromatic heterocycles. The van der Waals surface area contributed by atoms with Gasteiger partial charge in [0.1, 0.15) is 5.78 Å². The van der Waals surface area contributed by atoms with Crippen molar-refractivity contribution in [2.24, 2.45) is 5.92 Å². The summed E-state index contributed by atoms with van der Waals surface area (Å²) in [6.45, 7) is 6.02. The highest BCUT2D eigenvalue weighted by atomic mass is 16.5. The predicted molar refractivity (Wildman–Crippen MR) is 53.1 cm³/mol. The molecule has 1 unspecified atom stereocenters. The van der Waals surface area contributed by atoms with Gasteiger partial charge in [0.15, 0.2) is 5.82 Å². The largest absolute Gasteiger partial charge is 0.340 e. The highest BCUT2D eigenvalue weighted by Crippen LogP contribution is 2.14. The highest BCUT2D eigenvalue weighted by Gasteiger charge is 2.24. The third-order valence-electron chi connectivity index (χ3n) is 2.69. The number of nitrogens with zero attached hydrogens (tertiary/aromatic N) is 3.